The molecule has 1 fully saturated rings. The fourth-order valence-electron chi connectivity index (χ4n) is 3.76. The van der Waals surface area contributed by atoms with Gasteiger partial charge in [0.05, 0.1) is 22.6 Å². The lowest BCUT2D eigenvalue weighted by atomic mass is 10.0. The van der Waals surface area contributed by atoms with Crippen molar-refractivity contribution in [2.45, 2.75) is 25.6 Å². The highest BCUT2D eigenvalue weighted by molar-refractivity contribution is 7.19. The number of amides is 1. The maximum Gasteiger partial charge on any atom is 0.348 e. The minimum absolute atomic E-state index is 0.0454. The minimum atomic E-state index is -1.50. The number of nitrogens with one attached hydrogen (secondary N) is 2. The predicted molar refractivity (Wildman–Crippen MR) is 140 cm³/mol. The maximum absolute atomic E-state index is 15.1. The van der Waals surface area contributed by atoms with Gasteiger partial charge in [0.25, 0.3) is 5.91 Å². The first-order valence-electron chi connectivity index (χ1n) is 10.8. The van der Waals surface area contributed by atoms with E-state index in [1.165, 1.54) is 0 Å². The molecule has 4 heterocycles. The molecule has 3 aromatic rings. The number of aromatic carboxylic acids is 2. The molecule has 11 nitrogen and oxygen atoms in total. The van der Waals surface area contributed by atoms with Crippen molar-refractivity contribution in [3.05, 3.63) is 31.2 Å². The third-order valence-corrected chi connectivity index (χ3v) is 8.90. The summed E-state index contributed by atoms with van der Waals surface area (Å²) in [5.74, 6) is -3.15. The van der Waals surface area contributed by atoms with Crippen molar-refractivity contribution in [2.24, 2.45) is 0 Å². The molecular formula is C21H21Cl2FN6O5S2. The quantitative estimate of drug-likeness (QED) is 0.319. The summed E-state index contributed by atoms with van der Waals surface area (Å²) in [7, 11) is 3.37. The Labute approximate surface area is 227 Å². The molecule has 1 saturated heterocycles. The lowest BCUT2D eigenvalue weighted by Crippen LogP contribution is -2.52. The largest absolute Gasteiger partial charge is 0.477 e. The average Bonchev–Trinajstić information content (AvgIpc) is 3.53. The molecule has 0 aliphatic carbocycles. The van der Waals surface area contributed by atoms with Crippen LogP contribution in [0.4, 0.5) is 14.7 Å². The number of carbonyl (C=O) groups excluding carboxylic acids is 1. The van der Waals surface area contributed by atoms with Crippen LogP contribution in [0.3, 0.4) is 0 Å². The highest BCUT2D eigenvalue weighted by Crippen LogP contribution is 2.39. The van der Waals surface area contributed by atoms with Gasteiger partial charge >= 0.3 is 11.9 Å². The normalized spacial score (nSPS) is 17.6. The van der Waals surface area contributed by atoms with Crippen molar-refractivity contribution in [1.82, 2.24) is 20.3 Å². The Hall–Kier alpha value is -2.94. The van der Waals surface area contributed by atoms with Gasteiger partial charge in [-0.25, -0.2) is 23.9 Å². The molecule has 0 radical (unpaired) electrons. The highest BCUT2D eigenvalue weighted by Gasteiger charge is 2.35. The van der Waals surface area contributed by atoms with Crippen molar-refractivity contribution in [2.75, 3.05) is 37.0 Å². The van der Waals surface area contributed by atoms with Gasteiger partial charge in [-0.15, -0.1) is 0 Å². The summed E-state index contributed by atoms with van der Waals surface area (Å²) >= 11 is 13.8. The number of aryl methyl sites for hydroxylation is 1. The number of nitrogens with zero attached hydrogens (tertiary/aromatic N) is 4. The zero-order valence-electron chi connectivity index (χ0n) is 19.6. The van der Waals surface area contributed by atoms with Crippen molar-refractivity contribution in [3.63, 3.8) is 0 Å². The lowest BCUT2D eigenvalue weighted by molar-refractivity contribution is 0.0689. The van der Waals surface area contributed by atoms with Crippen LogP contribution in [-0.2, 0) is 0 Å². The number of hydrogen-bond acceptors (Lipinski definition) is 9. The second-order valence-corrected chi connectivity index (χ2v) is 11.1. The molecule has 3 aromatic heterocycles. The van der Waals surface area contributed by atoms with E-state index < -0.39 is 30.1 Å². The molecule has 4 rings (SSSR count). The molecular weight excluding hydrogens is 570 g/mol. The number of carboxylic acid groups (broad SMARTS) is 2. The van der Waals surface area contributed by atoms with Gasteiger partial charge < -0.3 is 30.3 Å². The molecule has 2 atom stereocenters. The van der Waals surface area contributed by atoms with Gasteiger partial charge in [0, 0.05) is 26.3 Å². The summed E-state index contributed by atoms with van der Waals surface area (Å²) in [4.78, 5) is 50.6. The molecule has 1 amide bonds. The van der Waals surface area contributed by atoms with E-state index in [4.69, 9.17) is 23.2 Å². The van der Waals surface area contributed by atoms with E-state index in [-0.39, 0.29) is 61.5 Å². The van der Waals surface area contributed by atoms with E-state index in [0.717, 1.165) is 22.7 Å². The van der Waals surface area contributed by atoms with Crippen molar-refractivity contribution in [3.8, 4) is 11.4 Å². The lowest BCUT2D eigenvalue weighted by Gasteiger charge is -2.34. The Bertz CT molecular complexity index is 1390. The van der Waals surface area contributed by atoms with Gasteiger partial charge in [-0.05, 0) is 13.3 Å². The van der Waals surface area contributed by atoms with Crippen LogP contribution < -0.4 is 15.1 Å². The first-order chi connectivity index (χ1) is 17.4. The number of alkyl halides is 1. The van der Waals surface area contributed by atoms with E-state index >= 15 is 4.39 Å². The topological polar surface area (TPSA) is 152 Å². The van der Waals surface area contributed by atoms with Crippen LogP contribution in [-0.4, -0.2) is 82.4 Å². The van der Waals surface area contributed by atoms with Crippen LogP contribution in [0.15, 0.2) is 0 Å². The number of hydrogen-bond donors (Lipinski definition) is 4. The second kappa shape index (κ2) is 10.4. The molecule has 1 aliphatic rings. The van der Waals surface area contributed by atoms with Crippen molar-refractivity contribution >= 4 is 74.0 Å². The third kappa shape index (κ3) is 5.23. The Morgan fingerprint density at radius 3 is 2.27 bits per heavy atom. The molecule has 16 heteroatoms. The number of carbonyl (C=O) groups is 3. The standard InChI is InChI=1S/C21H21Cl2FN6O5S2/c1-7-10(22)11(23)12(25-7)17(31)26-9-4-5-30(6-8(9)24)21-28-14(16(37-21)19(34)35)13-15(18(32)33)36-20(27-13)29(2)3/h8-9,25H,4-6H2,1-3H3,(H,26,31)(H,32,33)(H,34,35)/t8-,9+/m0/s1. The van der Waals surface area contributed by atoms with E-state index in [1.807, 2.05) is 0 Å². The summed E-state index contributed by atoms with van der Waals surface area (Å²) in [6, 6.07) is -0.819. The second-order valence-electron chi connectivity index (χ2n) is 8.44. The van der Waals surface area contributed by atoms with Crippen LogP contribution in [0.5, 0.6) is 0 Å². The van der Waals surface area contributed by atoms with E-state index in [2.05, 4.69) is 20.3 Å². The van der Waals surface area contributed by atoms with Gasteiger partial charge in [-0.1, -0.05) is 45.9 Å². The number of halogens is 3. The fourth-order valence-corrected chi connectivity index (χ4v) is 5.95. The number of aromatic nitrogens is 3. The summed E-state index contributed by atoms with van der Waals surface area (Å²) < 4.78 is 15.1. The van der Waals surface area contributed by atoms with E-state index in [0.29, 0.717) is 10.8 Å². The zero-order chi connectivity index (χ0) is 27.2. The summed E-state index contributed by atoms with van der Waals surface area (Å²) in [6.07, 6.45) is -1.30. The maximum atomic E-state index is 15.1. The number of carboxylic acids is 2. The van der Waals surface area contributed by atoms with E-state index in [1.54, 1.807) is 30.8 Å². The van der Waals surface area contributed by atoms with Gasteiger partial charge in [0.1, 0.15) is 33.0 Å². The molecule has 37 heavy (non-hydrogen) atoms. The predicted octanol–water partition coefficient (Wildman–Crippen LogP) is 4.02. The molecule has 0 bridgehead atoms. The monoisotopic (exact) mass is 590 g/mol. The van der Waals surface area contributed by atoms with Gasteiger partial charge in [0.2, 0.25) is 0 Å². The Kier molecular flexibility index (Phi) is 7.65. The minimum Gasteiger partial charge on any atom is -0.477 e. The molecule has 1 aliphatic heterocycles. The Morgan fingerprint density at radius 1 is 1.11 bits per heavy atom. The number of thiazole rings is 2. The van der Waals surface area contributed by atoms with Crippen LogP contribution in [0.25, 0.3) is 11.4 Å². The summed E-state index contributed by atoms with van der Waals surface area (Å²) in [6.45, 7) is 1.75. The van der Waals surface area contributed by atoms with E-state index in [9.17, 15) is 24.6 Å². The molecule has 0 spiro atoms. The number of H-pyrrole nitrogens is 1. The van der Waals surface area contributed by atoms with Gasteiger partial charge in [0.15, 0.2) is 10.3 Å². The van der Waals surface area contributed by atoms with Crippen LogP contribution in [0, 0.1) is 6.92 Å². The Balaban J connectivity index is 1.56. The molecule has 0 unspecified atom stereocenters. The van der Waals surface area contributed by atoms with Crippen LogP contribution >= 0.6 is 45.9 Å². The van der Waals surface area contributed by atoms with Crippen molar-refractivity contribution in [1.29, 1.82) is 0 Å². The summed E-state index contributed by atoms with van der Waals surface area (Å²) in [5, 5.41) is 22.9. The SMILES string of the molecule is Cc1[nH]c(C(=O)N[C@@H]2CCN(c3nc(-c4nc(N(C)C)sc4C(=O)O)c(C(=O)O)s3)C[C@@H]2F)c(Cl)c1Cl. The fraction of sp³-hybridized carbons (Fsp3) is 0.381. The van der Waals surface area contributed by atoms with Crippen LogP contribution in [0.2, 0.25) is 10.0 Å². The smallest absolute Gasteiger partial charge is 0.348 e. The number of rotatable bonds is 7. The molecule has 198 valence electrons. The van der Waals surface area contributed by atoms with Crippen molar-refractivity contribution < 1.29 is 29.0 Å². The average molecular weight is 591 g/mol. The molecule has 0 saturated carbocycles. The van der Waals surface area contributed by atoms with Gasteiger partial charge in [-0.2, -0.15) is 0 Å². The molecule has 0 aromatic carbocycles. The Morgan fingerprint density at radius 2 is 1.73 bits per heavy atom. The first-order valence-corrected chi connectivity index (χ1v) is 13.2. The van der Waals surface area contributed by atoms with Crippen LogP contribution in [0.1, 0.15) is 41.9 Å². The van der Waals surface area contributed by atoms with Gasteiger partial charge in [-0.3, -0.25) is 4.79 Å². The third-order valence-electron chi connectivity index (χ3n) is 5.64. The first kappa shape index (κ1) is 27.1. The highest BCUT2D eigenvalue weighted by atomic mass is 35.5. The number of piperidine rings is 1. The molecule has 4 N–H and O–H groups in total. The zero-order valence-corrected chi connectivity index (χ0v) is 22.8. The number of aromatic amines is 1. The summed E-state index contributed by atoms with van der Waals surface area (Å²) in [5.41, 5.74) is 0.413. The number of anilines is 2.